The Morgan fingerprint density at radius 2 is 2.21 bits per heavy atom. The summed E-state index contributed by atoms with van der Waals surface area (Å²) in [4.78, 5) is 21.3. The zero-order chi connectivity index (χ0) is 14.0. The van der Waals surface area contributed by atoms with Gasteiger partial charge in [0.1, 0.15) is 6.54 Å². The quantitative estimate of drug-likeness (QED) is 0.842. The van der Waals surface area contributed by atoms with Crippen LogP contribution in [-0.4, -0.2) is 39.7 Å². The van der Waals surface area contributed by atoms with Crippen molar-refractivity contribution in [2.24, 2.45) is 0 Å². The summed E-state index contributed by atoms with van der Waals surface area (Å²) in [6, 6.07) is 2.00. The zero-order valence-corrected chi connectivity index (χ0v) is 11.5. The second-order valence-corrected chi connectivity index (χ2v) is 5.07. The Balaban J connectivity index is 2.25. The molecular weight excluding hydrogens is 246 g/mol. The Morgan fingerprint density at radius 3 is 2.74 bits per heavy atom. The van der Waals surface area contributed by atoms with Crippen molar-refractivity contribution in [3.05, 3.63) is 11.8 Å². The monoisotopic (exact) mass is 265 g/mol. The summed E-state index contributed by atoms with van der Waals surface area (Å²) in [5, 5.41) is 8.98. The van der Waals surface area contributed by atoms with E-state index in [1.165, 1.54) is 0 Å². The van der Waals surface area contributed by atoms with Gasteiger partial charge in [0.15, 0.2) is 0 Å². The Bertz CT molecular complexity index is 472. The summed E-state index contributed by atoms with van der Waals surface area (Å²) in [5.74, 6) is 0.0671. The minimum Gasteiger partial charge on any atom is -0.480 e. The maximum atomic E-state index is 10.9. The largest absolute Gasteiger partial charge is 0.480 e. The van der Waals surface area contributed by atoms with E-state index in [9.17, 15) is 4.79 Å². The Kier molecular flexibility index (Phi) is 3.87. The molecule has 6 nitrogen and oxygen atoms in total. The van der Waals surface area contributed by atoms with Gasteiger partial charge in [-0.1, -0.05) is 0 Å². The summed E-state index contributed by atoms with van der Waals surface area (Å²) < 4.78 is 5.57. The smallest absolute Gasteiger partial charge is 0.323 e. The molecule has 1 N–H and O–H groups in total. The van der Waals surface area contributed by atoms with Crippen LogP contribution < -0.4 is 9.64 Å². The SMILES string of the molecule is Cc1cc(OC(C)C)nc(N(CC(=O)O)C2CC2)n1. The fourth-order valence-electron chi connectivity index (χ4n) is 1.85. The van der Waals surface area contributed by atoms with Crippen molar-refractivity contribution in [1.82, 2.24) is 9.97 Å². The zero-order valence-electron chi connectivity index (χ0n) is 11.5. The number of hydrogen-bond donors (Lipinski definition) is 1. The first-order chi connectivity index (χ1) is 8.95. The molecule has 2 rings (SSSR count). The van der Waals surface area contributed by atoms with E-state index in [0.29, 0.717) is 11.8 Å². The molecule has 0 unspecified atom stereocenters. The fourth-order valence-corrected chi connectivity index (χ4v) is 1.85. The van der Waals surface area contributed by atoms with Crippen LogP contribution in [0.5, 0.6) is 5.88 Å². The van der Waals surface area contributed by atoms with Gasteiger partial charge < -0.3 is 14.7 Å². The molecule has 6 heteroatoms. The van der Waals surface area contributed by atoms with Gasteiger partial charge in [-0.3, -0.25) is 4.79 Å². The maximum Gasteiger partial charge on any atom is 0.323 e. The second-order valence-electron chi connectivity index (χ2n) is 5.07. The molecule has 1 aromatic rings. The second kappa shape index (κ2) is 5.42. The molecular formula is C13H19N3O3. The van der Waals surface area contributed by atoms with Gasteiger partial charge in [-0.05, 0) is 33.6 Å². The van der Waals surface area contributed by atoms with Crippen LogP contribution in [0.2, 0.25) is 0 Å². The van der Waals surface area contributed by atoms with E-state index in [2.05, 4.69) is 9.97 Å². The third-order valence-electron chi connectivity index (χ3n) is 2.73. The summed E-state index contributed by atoms with van der Waals surface area (Å²) >= 11 is 0. The molecule has 0 aliphatic heterocycles. The number of aliphatic carboxylic acids is 1. The number of carboxylic acids is 1. The highest BCUT2D eigenvalue weighted by Gasteiger charge is 2.32. The van der Waals surface area contributed by atoms with Gasteiger partial charge in [-0.15, -0.1) is 0 Å². The summed E-state index contributed by atoms with van der Waals surface area (Å²) in [5.41, 5.74) is 0.775. The highest BCUT2D eigenvalue weighted by Crippen LogP contribution is 2.30. The van der Waals surface area contributed by atoms with E-state index in [4.69, 9.17) is 9.84 Å². The normalized spacial score (nSPS) is 14.5. The number of aromatic nitrogens is 2. The van der Waals surface area contributed by atoms with Crippen molar-refractivity contribution in [3.63, 3.8) is 0 Å². The van der Waals surface area contributed by atoms with Gasteiger partial charge >= 0.3 is 5.97 Å². The molecule has 0 spiro atoms. The van der Waals surface area contributed by atoms with E-state index in [0.717, 1.165) is 18.5 Å². The van der Waals surface area contributed by atoms with E-state index in [1.807, 2.05) is 20.8 Å². The average molecular weight is 265 g/mol. The number of anilines is 1. The molecule has 0 saturated heterocycles. The van der Waals surface area contributed by atoms with Crippen molar-refractivity contribution in [3.8, 4) is 5.88 Å². The predicted octanol–water partition coefficient (Wildman–Crippen LogP) is 1.63. The molecule has 19 heavy (non-hydrogen) atoms. The molecule has 1 aliphatic carbocycles. The van der Waals surface area contributed by atoms with Gasteiger partial charge in [0.05, 0.1) is 6.10 Å². The molecule has 0 atom stereocenters. The number of nitrogens with zero attached hydrogens (tertiary/aromatic N) is 3. The molecule has 0 aromatic carbocycles. The Morgan fingerprint density at radius 1 is 1.53 bits per heavy atom. The minimum absolute atomic E-state index is 0.0241. The predicted molar refractivity (Wildman–Crippen MR) is 70.5 cm³/mol. The first-order valence-corrected chi connectivity index (χ1v) is 6.46. The molecule has 1 aromatic heterocycles. The minimum atomic E-state index is -0.872. The number of ether oxygens (including phenoxy) is 1. The van der Waals surface area contributed by atoms with Gasteiger partial charge in [0.2, 0.25) is 11.8 Å². The highest BCUT2D eigenvalue weighted by atomic mass is 16.5. The molecule has 104 valence electrons. The Hall–Kier alpha value is -1.85. The first kappa shape index (κ1) is 13.6. The van der Waals surface area contributed by atoms with E-state index in [1.54, 1.807) is 11.0 Å². The summed E-state index contributed by atoms with van der Waals surface area (Å²) in [6.45, 7) is 5.62. The van der Waals surface area contributed by atoms with E-state index < -0.39 is 5.97 Å². The van der Waals surface area contributed by atoms with Crippen LogP contribution in [0.3, 0.4) is 0 Å². The van der Waals surface area contributed by atoms with Crippen LogP contribution >= 0.6 is 0 Å². The van der Waals surface area contributed by atoms with Gasteiger partial charge in [0, 0.05) is 17.8 Å². The lowest BCUT2D eigenvalue weighted by atomic mass is 10.4. The lowest BCUT2D eigenvalue weighted by Gasteiger charge is -2.21. The average Bonchev–Trinajstić information content (AvgIpc) is 3.07. The van der Waals surface area contributed by atoms with Crippen LogP contribution in [0, 0.1) is 6.92 Å². The van der Waals surface area contributed by atoms with Crippen LogP contribution in [0.25, 0.3) is 0 Å². The molecule has 1 saturated carbocycles. The molecule has 1 fully saturated rings. The first-order valence-electron chi connectivity index (χ1n) is 6.46. The molecule has 1 heterocycles. The molecule has 0 bridgehead atoms. The number of hydrogen-bond acceptors (Lipinski definition) is 5. The van der Waals surface area contributed by atoms with Crippen LogP contribution in [0.4, 0.5) is 5.95 Å². The number of carboxylic acid groups (broad SMARTS) is 1. The number of rotatable bonds is 6. The van der Waals surface area contributed by atoms with E-state index in [-0.39, 0.29) is 18.7 Å². The number of aryl methyl sites for hydroxylation is 1. The van der Waals surface area contributed by atoms with Crippen molar-refractivity contribution >= 4 is 11.9 Å². The van der Waals surface area contributed by atoms with Crippen molar-refractivity contribution in [1.29, 1.82) is 0 Å². The third kappa shape index (κ3) is 3.81. The van der Waals surface area contributed by atoms with Gasteiger partial charge in [-0.25, -0.2) is 4.98 Å². The summed E-state index contributed by atoms with van der Waals surface area (Å²) in [7, 11) is 0. The fraction of sp³-hybridized carbons (Fsp3) is 0.615. The summed E-state index contributed by atoms with van der Waals surface area (Å²) in [6.07, 6.45) is 2.01. The lowest BCUT2D eigenvalue weighted by molar-refractivity contribution is -0.135. The highest BCUT2D eigenvalue weighted by molar-refractivity contribution is 5.73. The van der Waals surface area contributed by atoms with Crippen LogP contribution in [0.15, 0.2) is 6.07 Å². The molecule has 0 radical (unpaired) electrons. The van der Waals surface area contributed by atoms with Crippen LogP contribution in [0.1, 0.15) is 32.4 Å². The molecule has 0 amide bonds. The van der Waals surface area contributed by atoms with Crippen LogP contribution in [-0.2, 0) is 4.79 Å². The van der Waals surface area contributed by atoms with Crippen molar-refractivity contribution in [2.75, 3.05) is 11.4 Å². The standard InChI is InChI=1S/C13H19N3O3/c1-8(2)19-11-6-9(3)14-13(15-11)16(7-12(17)18)10-4-5-10/h6,8,10H,4-5,7H2,1-3H3,(H,17,18). The maximum absolute atomic E-state index is 10.9. The number of carbonyl (C=O) groups is 1. The van der Waals surface area contributed by atoms with Gasteiger partial charge in [-0.2, -0.15) is 4.98 Å². The lowest BCUT2D eigenvalue weighted by Crippen LogP contribution is -2.33. The van der Waals surface area contributed by atoms with E-state index >= 15 is 0 Å². The molecule has 1 aliphatic rings. The van der Waals surface area contributed by atoms with Gasteiger partial charge in [0.25, 0.3) is 0 Å². The van der Waals surface area contributed by atoms with Crippen molar-refractivity contribution in [2.45, 2.75) is 45.8 Å². The van der Waals surface area contributed by atoms with Crippen molar-refractivity contribution < 1.29 is 14.6 Å². The topological polar surface area (TPSA) is 75.5 Å². The third-order valence-corrected chi connectivity index (χ3v) is 2.73. The Labute approximate surface area is 112 Å².